The molecule has 0 radical (unpaired) electrons. The largest absolute Gasteiger partial charge is 0.506 e. The normalized spacial score (nSPS) is 18.1. The van der Waals surface area contributed by atoms with Gasteiger partial charge in [0.2, 0.25) is 0 Å². The number of hydrogen-bond acceptors (Lipinski definition) is 4. The molecule has 4 nitrogen and oxygen atoms in total. The van der Waals surface area contributed by atoms with Crippen molar-refractivity contribution in [1.82, 2.24) is 9.88 Å². The Balaban J connectivity index is 2.10. The van der Waals surface area contributed by atoms with Crippen LogP contribution in [-0.2, 0) is 6.54 Å². The fourth-order valence-corrected chi connectivity index (χ4v) is 2.54. The van der Waals surface area contributed by atoms with Gasteiger partial charge < -0.3 is 10.2 Å². The predicted molar refractivity (Wildman–Crippen MR) is 68.7 cm³/mol. The summed E-state index contributed by atoms with van der Waals surface area (Å²) in [6.45, 7) is 0.723. The van der Waals surface area contributed by atoms with Crippen molar-refractivity contribution in [2.45, 2.75) is 31.3 Å². The van der Waals surface area contributed by atoms with Crippen molar-refractivity contribution in [1.29, 1.82) is 0 Å². The number of aliphatic hydroxyl groups excluding tert-OH is 1. The summed E-state index contributed by atoms with van der Waals surface area (Å²) in [5, 5.41) is 19.3. The fraction of sp³-hybridized carbons (Fsp3) is 0.583. The highest BCUT2D eigenvalue weighted by atomic mass is 79.9. The molecule has 5 heteroatoms. The van der Waals surface area contributed by atoms with Crippen molar-refractivity contribution in [3.8, 4) is 5.75 Å². The molecule has 2 N–H and O–H groups in total. The van der Waals surface area contributed by atoms with Crippen LogP contribution in [0.5, 0.6) is 5.75 Å². The van der Waals surface area contributed by atoms with Gasteiger partial charge in [-0.1, -0.05) is 0 Å². The van der Waals surface area contributed by atoms with Gasteiger partial charge >= 0.3 is 0 Å². The van der Waals surface area contributed by atoms with Crippen molar-refractivity contribution in [3.05, 3.63) is 22.4 Å². The van der Waals surface area contributed by atoms with Crippen LogP contribution in [0.2, 0.25) is 0 Å². The van der Waals surface area contributed by atoms with E-state index in [1.54, 1.807) is 12.3 Å². The molecule has 0 spiro atoms. The van der Waals surface area contributed by atoms with E-state index in [0.717, 1.165) is 23.7 Å². The minimum Gasteiger partial charge on any atom is -0.506 e. The van der Waals surface area contributed by atoms with Crippen molar-refractivity contribution >= 4 is 15.9 Å². The Morgan fingerprint density at radius 3 is 2.71 bits per heavy atom. The summed E-state index contributed by atoms with van der Waals surface area (Å²) in [7, 11) is 1.97. The monoisotopic (exact) mass is 300 g/mol. The van der Waals surface area contributed by atoms with Gasteiger partial charge in [0.1, 0.15) is 5.75 Å². The maximum atomic E-state index is 9.79. The molecule has 0 aliphatic heterocycles. The van der Waals surface area contributed by atoms with Gasteiger partial charge in [0.05, 0.1) is 12.3 Å². The summed E-state index contributed by atoms with van der Waals surface area (Å²) in [5.74, 6) is 0.193. The van der Waals surface area contributed by atoms with Crippen LogP contribution in [0.4, 0.5) is 0 Å². The molecule has 1 aromatic heterocycles. The molecule has 1 fully saturated rings. The van der Waals surface area contributed by atoms with E-state index in [4.69, 9.17) is 0 Å². The van der Waals surface area contributed by atoms with Gasteiger partial charge in [0.15, 0.2) is 0 Å². The molecule has 0 bridgehead atoms. The van der Waals surface area contributed by atoms with E-state index in [9.17, 15) is 10.2 Å². The van der Waals surface area contributed by atoms with Crippen LogP contribution in [-0.4, -0.2) is 39.3 Å². The number of halogens is 1. The van der Waals surface area contributed by atoms with E-state index in [-0.39, 0.29) is 17.9 Å². The van der Waals surface area contributed by atoms with Crippen molar-refractivity contribution in [3.63, 3.8) is 0 Å². The smallest absolute Gasteiger partial charge is 0.139 e. The lowest BCUT2D eigenvalue weighted by atomic mass is 9.76. The van der Waals surface area contributed by atoms with Gasteiger partial charge in [0.25, 0.3) is 0 Å². The molecule has 1 saturated carbocycles. The molecule has 0 unspecified atom stereocenters. The molecule has 1 aromatic rings. The third-order valence-corrected chi connectivity index (χ3v) is 4.12. The molecule has 0 saturated heterocycles. The molecule has 0 aromatic carbocycles. The van der Waals surface area contributed by atoms with E-state index < -0.39 is 0 Å². The van der Waals surface area contributed by atoms with Gasteiger partial charge in [0, 0.05) is 22.8 Å². The lowest BCUT2D eigenvalue weighted by molar-refractivity contribution is -0.0186. The Labute approximate surface area is 109 Å². The molecular weight excluding hydrogens is 284 g/mol. The minimum atomic E-state index is -0.110. The maximum absolute atomic E-state index is 9.79. The Bertz CT molecular complexity index is 402. The summed E-state index contributed by atoms with van der Waals surface area (Å²) in [5.41, 5.74) is 0.539. The first-order chi connectivity index (χ1) is 8.07. The van der Waals surface area contributed by atoms with Crippen LogP contribution in [0.1, 0.15) is 25.0 Å². The maximum Gasteiger partial charge on any atom is 0.139 e. The number of likely N-dealkylation sites (N-methyl/N-ethyl adjacent to an activating group) is 1. The van der Waals surface area contributed by atoms with Gasteiger partial charge in [-0.3, -0.25) is 9.88 Å². The Morgan fingerprint density at radius 1 is 1.53 bits per heavy atom. The molecule has 17 heavy (non-hydrogen) atoms. The second kappa shape index (κ2) is 4.92. The second-order valence-electron chi connectivity index (χ2n) is 4.71. The Morgan fingerprint density at radius 2 is 2.24 bits per heavy atom. The first-order valence-electron chi connectivity index (χ1n) is 5.73. The lowest BCUT2D eigenvalue weighted by Crippen LogP contribution is -2.54. The number of aromatic hydroxyl groups is 1. The van der Waals surface area contributed by atoms with Crippen LogP contribution in [0.3, 0.4) is 0 Å². The third-order valence-electron chi connectivity index (χ3n) is 3.69. The first-order valence-corrected chi connectivity index (χ1v) is 6.52. The number of hydrogen-bond donors (Lipinski definition) is 2. The number of nitrogens with zero attached hydrogens (tertiary/aromatic N) is 2. The van der Waals surface area contributed by atoms with E-state index >= 15 is 0 Å². The van der Waals surface area contributed by atoms with Gasteiger partial charge in [-0.25, -0.2) is 0 Å². The zero-order valence-electron chi connectivity index (χ0n) is 9.86. The van der Waals surface area contributed by atoms with Crippen LogP contribution in [0.25, 0.3) is 0 Å². The van der Waals surface area contributed by atoms with Gasteiger partial charge in [-0.05, 0) is 48.3 Å². The van der Waals surface area contributed by atoms with Crippen LogP contribution < -0.4 is 0 Å². The van der Waals surface area contributed by atoms with Crippen LogP contribution in [0, 0.1) is 0 Å². The Kier molecular flexibility index (Phi) is 3.70. The molecule has 0 atom stereocenters. The number of pyridine rings is 1. The molecule has 94 valence electrons. The highest BCUT2D eigenvalue weighted by molar-refractivity contribution is 9.10. The van der Waals surface area contributed by atoms with E-state index in [1.165, 1.54) is 0 Å². The van der Waals surface area contributed by atoms with Crippen molar-refractivity contribution in [2.24, 2.45) is 0 Å². The average molecular weight is 301 g/mol. The van der Waals surface area contributed by atoms with E-state index in [1.807, 2.05) is 7.05 Å². The van der Waals surface area contributed by atoms with Crippen LogP contribution >= 0.6 is 15.9 Å². The predicted octanol–water partition coefficient (Wildman–Crippen LogP) is 1.90. The summed E-state index contributed by atoms with van der Waals surface area (Å²) in [4.78, 5) is 6.29. The first kappa shape index (κ1) is 12.8. The number of aromatic nitrogens is 1. The summed E-state index contributed by atoms with van der Waals surface area (Å²) >= 11 is 3.26. The standard InChI is InChI=1S/C12H17BrN2O2/c1-15(12(8-16)3-2-4-12)7-10-11(17)5-9(13)6-14-10/h5-6,16-17H,2-4,7-8H2,1H3. The van der Waals surface area contributed by atoms with Crippen molar-refractivity contribution < 1.29 is 10.2 Å². The highest BCUT2D eigenvalue weighted by Crippen LogP contribution is 2.37. The lowest BCUT2D eigenvalue weighted by Gasteiger charge is -2.47. The summed E-state index contributed by atoms with van der Waals surface area (Å²) in [6, 6.07) is 1.64. The molecule has 1 aliphatic rings. The number of rotatable bonds is 4. The summed E-state index contributed by atoms with van der Waals surface area (Å²) in [6.07, 6.45) is 4.86. The van der Waals surface area contributed by atoms with Crippen LogP contribution in [0.15, 0.2) is 16.7 Å². The zero-order valence-corrected chi connectivity index (χ0v) is 11.4. The van der Waals surface area contributed by atoms with Gasteiger partial charge in [-0.15, -0.1) is 0 Å². The topological polar surface area (TPSA) is 56.6 Å². The summed E-state index contributed by atoms with van der Waals surface area (Å²) < 4.78 is 0.766. The highest BCUT2D eigenvalue weighted by Gasteiger charge is 2.40. The van der Waals surface area contributed by atoms with Gasteiger partial charge in [-0.2, -0.15) is 0 Å². The number of aliphatic hydroxyl groups is 1. The molecule has 0 amide bonds. The fourth-order valence-electron chi connectivity index (χ4n) is 2.22. The SMILES string of the molecule is CN(Cc1ncc(Br)cc1O)C1(CO)CCC1. The molecule has 2 rings (SSSR count). The average Bonchev–Trinajstić information content (AvgIpc) is 2.21. The quantitative estimate of drug-likeness (QED) is 0.892. The van der Waals surface area contributed by atoms with E-state index in [2.05, 4.69) is 25.8 Å². The Hall–Kier alpha value is -0.650. The molecule has 1 heterocycles. The third kappa shape index (κ3) is 2.46. The second-order valence-corrected chi connectivity index (χ2v) is 5.63. The minimum absolute atomic E-state index is 0.110. The molecule has 1 aliphatic carbocycles. The van der Waals surface area contributed by atoms with E-state index in [0.29, 0.717) is 12.2 Å². The zero-order chi connectivity index (χ0) is 12.5. The van der Waals surface area contributed by atoms with Crippen molar-refractivity contribution in [2.75, 3.05) is 13.7 Å². The molecular formula is C12H17BrN2O2.